The smallest absolute Gasteiger partial charge is 0.410 e. The maximum atomic E-state index is 12.2. The molecule has 0 saturated carbocycles. The van der Waals surface area contributed by atoms with E-state index in [4.69, 9.17) is 9.47 Å². The summed E-state index contributed by atoms with van der Waals surface area (Å²) >= 11 is 0. The first-order valence-corrected chi connectivity index (χ1v) is 8.42. The number of carbonyl (C=O) groups excluding carboxylic acids is 2. The van der Waals surface area contributed by atoms with Crippen molar-refractivity contribution in [2.24, 2.45) is 0 Å². The molecule has 0 bridgehead atoms. The van der Waals surface area contributed by atoms with Crippen molar-refractivity contribution in [1.29, 1.82) is 0 Å². The van der Waals surface area contributed by atoms with Crippen LogP contribution in [0.2, 0.25) is 0 Å². The van der Waals surface area contributed by atoms with Gasteiger partial charge in [0.15, 0.2) is 0 Å². The molecule has 0 spiro atoms. The minimum atomic E-state index is -0.546. The molecule has 0 atom stereocenters. The van der Waals surface area contributed by atoms with Gasteiger partial charge >= 0.3 is 12.1 Å². The van der Waals surface area contributed by atoms with E-state index in [1.807, 2.05) is 63.2 Å². The van der Waals surface area contributed by atoms with E-state index in [9.17, 15) is 9.59 Å². The largest absolute Gasteiger partial charge is 0.465 e. The highest BCUT2D eigenvalue weighted by molar-refractivity contribution is 5.97. The summed E-state index contributed by atoms with van der Waals surface area (Å²) in [4.78, 5) is 25.8. The highest BCUT2D eigenvalue weighted by atomic mass is 16.6. The fourth-order valence-corrected chi connectivity index (χ4v) is 2.51. The van der Waals surface area contributed by atoms with Crippen molar-refractivity contribution in [1.82, 2.24) is 4.90 Å². The zero-order valence-electron chi connectivity index (χ0n) is 15.9. The van der Waals surface area contributed by atoms with Gasteiger partial charge < -0.3 is 14.4 Å². The first-order chi connectivity index (χ1) is 12.2. The lowest BCUT2D eigenvalue weighted by Crippen LogP contribution is -2.33. The summed E-state index contributed by atoms with van der Waals surface area (Å²) in [6.07, 6.45) is -0.393. The molecule has 0 aliphatic rings. The molecule has 26 heavy (non-hydrogen) atoms. The number of amides is 1. The van der Waals surface area contributed by atoms with E-state index in [1.165, 1.54) is 12.0 Å². The molecule has 0 fully saturated rings. The van der Waals surface area contributed by atoms with Crippen LogP contribution in [0.3, 0.4) is 0 Å². The molecule has 0 aliphatic heterocycles. The molecule has 2 aromatic carbocycles. The van der Waals surface area contributed by atoms with Gasteiger partial charge in [-0.25, -0.2) is 9.59 Å². The zero-order valence-corrected chi connectivity index (χ0v) is 15.9. The second-order valence-electron chi connectivity index (χ2n) is 7.07. The summed E-state index contributed by atoms with van der Waals surface area (Å²) in [5, 5.41) is 0. The Balaban J connectivity index is 2.31. The molecule has 0 aliphatic carbocycles. The SMILES string of the molecule is COC(=O)c1ccc(CN(C)C(=O)OC(C)(C)C)cc1-c1ccccc1. The third kappa shape index (κ3) is 5.09. The van der Waals surface area contributed by atoms with Crippen LogP contribution in [0.1, 0.15) is 36.7 Å². The molecular formula is C21H25NO4. The zero-order chi connectivity index (χ0) is 19.3. The first-order valence-electron chi connectivity index (χ1n) is 8.42. The van der Waals surface area contributed by atoms with E-state index in [-0.39, 0.29) is 0 Å². The molecule has 1 amide bonds. The lowest BCUT2D eigenvalue weighted by atomic mass is 9.97. The van der Waals surface area contributed by atoms with Gasteiger partial charge in [0.1, 0.15) is 5.60 Å². The number of esters is 1. The third-order valence-electron chi connectivity index (χ3n) is 3.70. The summed E-state index contributed by atoms with van der Waals surface area (Å²) in [5.41, 5.74) is 2.52. The Hall–Kier alpha value is -2.82. The van der Waals surface area contributed by atoms with Crippen LogP contribution in [0.15, 0.2) is 48.5 Å². The molecule has 2 aromatic rings. The number of carbonyl (C=O) groups is 2. The van der Waals surface area contributed by atoms with E-state index >= 15 is 0 Å². The van der Waals surface area contributed by atoms with E-state index in [2.05, 4.69) is 0 Å². The molecule has 5 heteroatoms. The van der Waals surface area contributed by atoms with Crippen LogP contribution in [0, 0.1) is 0 Å². The average molecular weight is 355 g/mol. The summed E-state index contributed by atoms with van der Waals surface area (Å²) in [6, 6.07) is 15.1. The molecule has 0 heterocycles. The van der Waals surface area contributed by atoms with Crippen molar-refractivity contribution in [2.75, 3.05) is 14.2 Å². The van der Waals surface area contributed by atoms with Gasteiger partial charge in [0.2, 0.25) is 0 Å². The number of hydrogen-bond acceptors (Lipinski definition) is 4. The Kier molecular flexibility index (Phi) is 6.03. The van der Waals surface area contributed by atoms with E-state index in [1.54, 1.807) is 13.1 Å². The van der Waals surface area contributed by atoms with Crippen LogP contribution in [0.4, 0.5) is 4.79 Å². The van der Waals surface area contributed by atoms with Crippen molar-refractivity contribution >= 4 is 12.1 Å². The molecule has 0 radical (unpaired) electrons. The molecule has 0 saturated heterocycles. The summed E-state index contributed by atoms with van der Waals surface area (Å²) in [5.74, 6) is -0.393. The number of nitrogens with zero attached hydrogens (tertiary/aromatic N) is 1. The van der Waals surface area contributed by atoms with Crippen LogP contribution in [-0.2, 0) is 16.0 Å². The molecule has 5 nitrogen and oxygen atoms in total. The second-order valence-corrected chi connectivity index (χ2v) is 7.07. The van der Waals surface area contributed by atoms with Gasteiger partial charge in [-0.15, -0.1) is 0 Å². The van der Waals surface area contributed by atoms with E-state index in [0.717, 1.165) is 16.7 Å². The van der Waals surface area contributed by atoms with Gasteiger partial charge in [-0.3, -0.25) is 0 Å². The summed E-state index contributed by atoms with van der Waals surface area (Å²) < 4.78 is 10.3. The fraction of sp³-hybridized carbons (Fsp3) is 0.333. The van der Waals surface area contributed by atoms with Crippen LogP contribution < -0.4 is 0 Å². The highest BCUT2D eigenvalue weighted by Crippen LogP contribution is 2.26. The fourth-order valence-electron chi connectivity index (χ4n) is 2.51. The number of rotatable bonds is 4. The molecule has 0 N–H and O–H groups in total. The molecular weight excluding hydrogens is 330 g/mol. The Bertz CT molecular complexity index is 778. The quantitative estimate of drug-likeness (QED) is 0.757. The van der Waals surface area contributed by atoms with Gasteiger partial charge in [0.25, 0.3) is 0 Å². The molecule has 0 aromatic heterocycles. The van der Waals surface area contributed by atoms with E-state index < -0.39 is 17.7 Å². The molecule has 138 valence electrons. The normalized spacial score (nSPS) is 11.0. The Morgan fingerprint density at radius 1 is 1.04 bits per heavy atom. The lowest BCUT2D eigenvalue weighted by Gasteiger charge is -2.25. The molecule has 0 unspecified atom stereocenters. The van der Waals surface area contributed by atoms with Crippen molar-refractivity contribution in [3.63, 3.8) is 0 Å². The number of benzene rings is 2. The Morgan fingerprint density at radius 3 is 2.27 bits per heavy atom. The Morgan fingerprint density at radius 2 is 1.69 bits per heavy atom. The van der Waals surface area contributed by atoms with Gasteiger partial charge in [0.05, 0.1) is 12.7 Å². The van der Waals surface area contributed by atoms with E-state index in [0.29, 0.717) is 12.1 Å². The second kappa shape index (κ2) is 8.04. The van der Waals surface area contributed by atoms with Gasteiger partial charge in [-0.2, -0.15) is 0 Å². The highest BCUT2D eigenvalue weighted by Gasteiger charge is 2.20. The maximum Gasteiger partial charge on any atom is 0.410 e. The van der Waals surface area contributed by atoms with Crippen LogP contribution in [0.5, 0.6) is 0 Å². The van der Waals surface area contributed by atoms with Crippen molar-refractivity contribution in [3.05, 3.63) is 59.7 Å². The maximum absolute atomic E-state index is 12.2. The van der Waals surface area contributed by atoms with Gasteiger partial charge in [-0.1, -0.05) is 36.4 Å². The lowest BCUT2D eigenvalue weighted by molar-refractivity contribution is 0.0284. The third-order valence-corrected chi connectivity index (χ3v) is 3.70. The first kappa shape index (κ1) is 19.5. The minimum Gasteiger partial charge on any atom is -0.465 e. The number of hydrogen-bond donors (Lipinski definition) is 0. The van der Waals surface area contributed by atoms with Crippen molar-refractivity contribution in [3.8, 4) is 11.1 Å². The van der Waals surface area contributed by atoms with Gasteiger partial charge in [0, 0.05) is 13.6 Å². The predicted octanol–water partition coefficient (Wildman–Crippen LogP) is 4.51. The number of methoxy groups -OCH3 is 1. The van der Waals surface area contributed by atoms with Crippen molar-refractivity contribution in [2.45, 2.75) is 32.9 Å². The summed E-state index contributed by atoms with van der Waals surface area (Å²) in [7, 11) is 3.05. The average Bonchev–Trinajstić information content (AvgIpc) is 2.60. The Labute approximate surface area is 154 Å². The topological polar surface area (TPSA) is 55.8 Å². The van der Waals surface area contributed by atoms with Crippen LogP contribution in [-0.4, -0.2) is 36.7 Å². The van der Waals surface area contributed by atoms with Crippen LogP contribution in [0.25, 0.3) is 11.1 Å². The van der Waals surface area contributed by atoms with Gasteiger partial charge in [-0.05, 0) is 49.6 Å². The monoisotopic (exact) mass is 355 g/mol. The molecule has 2 rings (SSSR count). The predicted molar refractivity (Wildman–Crippen MR) is 101 cm³/mol. The minimum absolute atomic E-state index is 0.371. The standard InChI is InChI=1S/C21H25NO4/c1-21(2,3)26-20(24)22(4)14-15-11-12-17(19(23)25-5)18(13-15)16-9-7-6-8-10-16/h6-13H,14H2,1-5H3. The number of ether oxygens (including phenoxy) is 2. The van der Waals surface area contributed by atoms with Crippen molar-refractivity contribution < 1.29 is 19.1 Å². The summed E-state index contributed by atoms with van der Waals surface area (Å²) in [6.45, 7) is 5.86. The van der Waals surface area contributed by atoms with Crippen LogP contribution >= 0.6 is 0 Å².